The molecule has 1 heterocycles. The number of piperidine rings is 1. The van der Waals surface area contributed by atoms with Gasteiger partial charge < -0.3 is 25.5 Å². The minimum absolute atomic E-state index is 0.000266. The van der Waals surface area contributed by atoms with E-state index >= 15 is 0 Å². The molecule has 0 radical (unpaired) electrons. The van der Waals surface area contributed by atoms with E-state index in [-0.39, 0.29) is 34.8 Å². The number of carbonyl (C=O) groups is 1. The first kappa shape index (κ1) is 32.6. The van der Waals surface area contributed by atoms with Gasteiger partial charge in [-0.15, -0.1) is 0 Å². The molecule has 2 aromatic rings. The van der Waals surface area contributed by atoms with Crippen LogP contribution in [-0.4, -0.2) is 76.1 Å². The molecule has 1 unspecified atom stereocenters. The highest BCUT2D eigenvalue weighted by Gasteiger charge is 2.30. The number of nitrogens with one attached hydrogen (secondary N) is 3. The Kier molecular flexibility index (Phi) is 11.0. The zero-order valence-electron chi connectivity index (χ0n) is 23.4. The Labute approximate surface area is 241 Å². The fourth-order valence-corrected chi connectivity index (χ4v) is 6.74. The molecule has 3 atom stereocenters. The highest BCUT2D eigenvalue weighted by atomic mass is 32.2. The smallest absolute Gasteiger partial charge is 0.322 e. The monoisotopic (exact) mass is 612 g/mol. The van der Waals surface area contributed by atoms with Crippen LogP contribution in [0.25, 0.3) is 0 Å². The van der Waals surface area contributed by atoms with Gasteiger partial charge in [-0.2, -0.15) is 4.72 Å². The molecule has 1 fully saturated rings. The van der Waals surface area contributed by atoms with Gasteiger partial charge in [-0.1, -0.05) is 26.3 Å². The molecule has 12 nitrogen and oxygen atoms in total. The average Bonchev–Trinajstić information content (AvgIpc) is 2.91. The molecule has 0 bridgehead atoms. The van der Waals surface area contributed by atoms with Crippen LogP contribution < -0.4 is 19.7 Å². The summed E-state index contributed by atoms with van der Waals surface area (Å²) in [6.45, 7) is 5.28. The van der Waals surface area contributed by atoms with Gasteiger partial charge in [-0.3, -0.25) is 9.52 Å². The first-order valence-electron chi connectivity index (χ1n) is 13.5. The van der Waals surface area contributed by atoms with Gasteiger partial charge in [0.25, 0.3) is 0 Å². The van der Waals surface area contributed by atoms with Crippen molar-refractivity contribution in [2.45, 2.75) is 62.6 Å². The molecule has 1 aliphatic heterocycles. The SMILES string of the molecule is CCCC(C)[C@H](NS(=O)(=O)c1ccc(N2CCC(NC[C@@H](O)c3ccc(O)c(NS(C)(=O)=O)c3)CC2)cc1)C(=O)O. The molecule has 1 saturated heterocycles. The minimum Gasteiger partial charge on any atom is -0.506 e. The summed E-state index contributed by atoms with van der Waals surface area (Å²) >= 11 is 0. The number of aliphatic hydroxyl groups is 1. The van der Waals surface area contributed by atoms with E-state index in [1.54, 1.807) is 19.1 Å². The lowest BCUT2D eigenvalue weighted by atomic mass is 9.98. The third-order valence-electron chi connectivity index (χ3n) is 7.17. The Hall–Kier alpha value is -2.91. The quantitative estimate of drug-likeness (QED) is 0.173. The number of sulfonamides is 2. The third kappa shape index (κ3) is 9.30. The number of benzene rings is 2. The van der Waals surface area contributed by atoms with Crippen LogP contribution >= 0.6 is 0 Å². The third-order valence-corrected chi connectivity index (χ3v) is 9.22. The highest BCUT2D eigenvalue weighted by Crippen LogP contribution is 2.28. The van der Waals surface area contributed by atoms with Crippen LogP contribution in [0.15, 0.2) is 47.4 Å². The summed E-state index contributed by atoms with van der Waals surface area (Å²) in [5.41, 5.74) is 1.31. The van der Waals surface area contributed by atoms with E-state index in [9.17, 15) is 36.9 Å². The van der Waals surface area contributed by atoms with Crippen molar-refractivity contribution < 1.29 is 36.9 Å². The number of hydrogen-bond donors (Lipinski definition) is 6. The first-order valence-corrected chi connectivity index (χ1v) is 16.9. The fraction of sp³-hybridized carbons (Fsp3) is 0.519. The van der Waals surface area contributed by atoms with Crippen molar-refractivity contribution in [1.82, 2.24) is 10.0 Å². The van der Waals surface area contributed by atoms with Crippen molar-refractivity contribution in [2.24, 2.45) is 5.92 Å². The van der Waals surface area contributed by atoms with E-state index in [0.717, 1.165) is 31.2 Å². The number of aliphatic hydroxyl groups excluding tert-OH is 1. The summed E-state index contributed by atoms with van der Waals surface area (Å²) in [6, 6.07) is 9.57. The van der Waals surface area contributed by atoms with Crippen LogP contribution in [0, 0.1) is 5.92 Å². The fourth-order valence-electron chi connectivity index (χ4n) is 4.88. The molecule has 0 saturated carbocycles. The summed E-state index contributed by atoms with van der Waals surface area (Å²) in [6.07, 6.45) is 2.95. The second-order valence-corrected chi connectivity index (χ2v) is 14.0. The molecule has 2 aromatic carbocycles. The molecule has 228 valence electrons. The lowest BCUT2D eigenvalue weighted by Crippen LogP contribution is -2.45. The zero-order valence-corrected chi connectivity index (χ0v) is 25.1. The maximum absolute atomic E-state index is 12.9. The minimum atomic E-state index is -4.01. The van der Waals surface area contributed by atoms with Gasteiger partial charge in [0, 0.05) is 31.4 Å². The number of carboxylic acids is 1. The van der Waals surface area contributed by atoms with E-state index < -0.39 is 38.2 Å². The first-order chi connectivity index (χ1) is 19.2. The summed E-state index contributed by atoms with van der Waals surface area (Å²) in [7, 11) is -7.60. The molecule has 1 aliphatic rings. The van der Waals surface area contributed by atoms with E-state index in [1.165, 1.54) is 30.3 Å². The number of rotatable bonds is 14. The predicted octanol–water partition coefficient (Wildman–Crippen LogP) is 2.22. The summed E-state index contributed by atoms with van der Waals surface area (Å²) in [5, 5.41) is 33.4. The van der Waals surface area contributed by atoms with Gasteiger partial charge in [0.2, 0.25) is 20.0 Å². The Morgan fingerprint density at radius 2 is 1.71 bits per heavy atom. The molecule has 0 aliphatic carbocycles. The molecule has 6 N–H and O–H groups in total. The van der Waals surface area contributed by atoms with Crippen molar-refractivity contribution in [2.75, 3.05) is 35.5 Å². The Bertz CT molecular complexity index is 1390. The molecule has 41 heavy (non-hydrogen) atoms. The van der Waals surface area contributed by atoms with Crippen LogP contribution in [0.5, 0.6) is 5.75 Å². The van der Waals surface area contributed by atoms with Crippen molar-refractivity contribution in [3.8, 4) is 5.75 Å². The van der Waals surface area contributed by atoms with E-state index in [1.807, 2.05) is 6.92 Å². The van der Waals surface area contributed by atoms with Crippen LogP contribution in [-0.2, 0) is 24.8 Å². The van der Waals surface area contributed by atoms with Crippen molar-refractivity contribution in [3.05, 3.63) is 48.0 Å². The topological polar surface area (TPSA) is 185 Å². The van der Waals surface area contributed by atoms with E-state index in [4.69, 9.17) is 0 Å². The second kappa shape index (κ2) is 13.8. The maximum atomic E-state index is 12.9. The second-order valence-electron chi connectivity index (χ2n) is 10.5. The summed E-state index contributed by atoms with van der Waals surface area (Å²) in [5.74, 6) is -1.79. The molecular formula is C27H40N4O8S2. The molecule has 0 aromatic heterocycles. The zero-order chi connectivity index (χ0) is 30.4. The lowest BCUT2D eigenvalue weighted by Gasteiger charge is -2.34. The molecule has 3 rings (SSSR count). The van der Waals surface area contributed by atoms with Gasteiger partial charge >= 0.3 is 5.97 Å². The number of nitrogens with zero attached hydrogens (tertiary/aromatic N) is 1. The van der Waals surface area contributed by atoms with Crippen molar-refractivity contribution in [3.63, 3.8) is 0 Å². The van der Waals surface area contributed by atoms with Crippen LogP contribution in [0.3, 0.4) is 0 Å². The van der Waals surface area contributed by atoms with Gasteiger partial charge in [0.15, 0.2) is 0 Å². The van der Waals surface area contributed by atoms with Crippen molar-refractivity contribution in [1.29, 1.82) is 0 Å². The van der Waals surface area contributed by atoms with Gasteiger partial charge in [0.05, 0.1) is 22.9 Å². The summed E-state index contributed by atoms with van der Waals surface area (Å²) in [4.78, 5) is 13.8. The Morgan fingerprint density at radius 3 is 2.27 bits per heavy atom. The molecular weight excluding hydrogens is 572 g/mol. The van der Waals surface area contributed by atoms with E-state index in [0.29, 0.717) is 25.1 Å². The standard InChI is InChI=1S/C27H40N4O8S2/c1-4-5-18(2)26(27(34)35)30-41(38,39)22-9-7-21(8-10-22)31-14-12-20(13-15-31)28-17-25(33)19-6-11-24(32)23(16-19)29-40(3,36)37/h6-11,16,18,20,25-26,28-30,32-33H,4-5,12-15,17H2,1-3H3,(H,34,35)/t18?,25-,26+/m1/s1. The lowest BCUT2D eigenvalue weighted by molar-refractivity contribution is -0.140. The number of phenols is 1. The molecule has 0 spiro atoms. The number of aliphatic carboxylic acids is 1. The number of carboxylic acid groups (broad SMARTS) is 1. The molecule has 0 amide bonds. The Morgan fingerprint density at radius 1 is 1.07 bits per heavy atom. The van der Waals surface area contributed by atoms with E-state index in [2.05, 4.69) is 19.7 Å². The number of anilines is 2. The normalized spacial score (nSPS) is 17.1. The van der Waals surface area contributed by atoms with Gasteiger partial charge in [0.1, 0.15) is 11.8 Å². The number of phenolic OH excluding ortho intramolecular Hbond substituents is 1. The van der Waals surface area contributed by atoms with Crippen LogP contribution in [0.1, 0.15) is 51.2 Å². The van der Waals surface area contributed by atoms with Crippen LogP contribution in [0.4, 0.5) is 11.4 Å². The average molecular weight is 613 g/mol. The van der Waals surface area contributed by atoms with Gasteiger partial charge in [-0.25, -0.2) is 16.8 Å². The highest BCUT2D eigenvalue weighted by molar-refractivity contribution is 7.92. The van der Waals surface area contributed by atoms with Crippen LogP contribution in [0.2, 0.25) is 0 Å². The van der Waals surface area contributed by atoms with Crippen molar-refractivity contribution >= 4 is 37.4 Å². The summed E-state index contributed by atoms with van der Waals surface area (Å²) < 4.78 is 53.3. The Balaban J connectivity index is 1.53. The van der Waals surface area contributed by atoms with Gasteiger partial charge in [-0.05, 0) is 67.1 Å². The predicted molar refractivity (Wildman–Crippen MR) is 157 cm³/mol. The number of aromatic hydroxyl groups is 1. The maximum Gasteiger partial charge on any atom is 0.322 e. The number of hydrogen-bond acceptors (Lipinski definition) is 9. The largest absolute Gasteiger partial charge is 0.506 e. The molecule has 14 heteroatoms.